The molecule has 92 valence electrons. The summed E-state index contributed by atoms with van der Waals surface area (Å²) < 4.78 is 5.32. The molecule has 0 saturated carbocycles. The smallest absolute Gasteiger partial charge is 0.161 e. The number of benzene rings is 1. The highest BCUT2D eigenvalue weighted by atomic mass is 16.5. The van der Waals surface area contributed by atoms with Gasteiger partial charge in [0, 0.05) is 0 Å². The van der Waals surface area contributed by atoms with Crippen molar-refractivity contribution in [2.75, 3.05) is 6.61 Å². The van der Waals surface area contributed by atoms with E-state index in [-0.39, 0.29) is 11.2 Å². The second kappa shape index (κ2) is 6.41. The molecule has 0 radical (unpaired) electrons. The minimum atomic E-state index is 0.0829. The van der Waals surface area contributed by atoms with Gasteiger partial charge in [-0.15, -0.1) is 0 Å². The van der Waals surface area contributed by atoms with Gasteiger partial charge in [-0.2, -0.15) is 0 Å². The first-order chi connectivity index (χ1) is 7.45. The van der Waals surface area contributed by atoms with Crippen LogP contribution in [0.1, 0.15) is 47.1 Å². The summed E-state index contributed by atoms with van der Waals surface area (Å²) in [7, 11) is 0. The highest BCUT2D eigenvalue weighted by molar-refractivity contribution is 5.43. The molecular formula is C14H24O2. The van der Waals surface area contributed by atoms with E-state index in [1.165, 1.54) is 5.56 Å². The van der Waals surface area contributed by atoms with Crippen LogP contribution in [-0.4, -0.2) is 11.7 Å². The van der Waals surface area contributed by atoms with Crippen LogP contribution in [0.5, 0.6) is 11.5 Å². The van der Waals surface area contributed by atoms with Crippen molar-refractivity contribution in [2.45, 2.75) is 47.0 Å². The Morgan fingerprint density at radius 1 is 1.19 bits per heavy atom. The van der Waals surface area contributed by atoms with Gasteiger partial charge in [0.2, 0.25) is 0 Å². The van der Waals surface area contributed by atoms with E-state index in [0.717, 1.165) is 0 Å². The third-order valence-electron chi connectivity index (χ3n) is 2.13. The normalized spacial score (nSPS) is 10.4. The Hall–Kier alpha value is -1.18. The molecule has 1 N–H and O–H groups in total. The van der Waals surface area contributed by atoms with Gasteiger partial charge in [-0.25, -0.2) is 0 Å². The summed E-state index contributed by atoms with van der Waals surface area (Å²) in [4.78, 5) is 0. The number of hydrogen-bond donors (Lipinski definition) is 1. The molecule has 2 nitrogen and oxygen atoms in total. The van der Waals surface area contributed by atoms with Crippen LogP contribution in [-0.2, 0) is 5.41 Å². The lowest BCUT2D eigenvalue weighted by molar-refractivity contribution is 0.317. The molecule has 0 aliphatic heterocycles. The third kappa shape index (κ3) is 4.13. The highest BCUT2D eigenvalue weighted by Crippen LogP contribution is 2.32. The van der Waals surface area contributed by atoms with E-state index >= 15 is 0 Å². The van der Waals surface area contributed by atoms with E-state index in [1.807, 2.05) is 32.9 Å². The molecule has 0 fully saturated rings. The van der Waals surface area contributed by atoms with Crippen molar-refractivity contribution in [1.29, 1.82) is 0 Å². The Balaban J connectivity index is 0.00000106. The summed E-state index contributed by atoms with van der Waals surface area (Å²) in [6, 6.07) is 5.52. The first-order valence-electron chi connectivity index (χ1n) is 5.91. The molecular weight excluding hydrogens is 200 g/mol. The minimum Gasteiger partial charge on any atom is -0.504 e. The summed E-state index contributed by atoms with van der Waals surface area (Å²) in [6.45, 7) is 12.9. The van der Waals surface area contributed by atoms with Gasteiger partial charge in [0.05, 0.1) is 6.61 Å². The quantitative estimate of drug-likeness (QED) is 0.819. The average molecular weight is 224 g/mol. The molecule has 0 aromatic heterocycles. The standard InChI is InChI=1S/C12H18O2.C2H6/c1-5-14-11-8-9(12(2,3)4)6-7-10(11)13;1-2/h6-8,13H,5H2,1-4H3;1-2H3. The van der Waals surface area contributed by atoms with Crippen LogP contribution in [0.4, 0.5) is 0 Å². The van der Waals surface area contributed by atoms with Crippen LogP contribution in [0.3, 0.4) is 0 Å². The van der Waals surface area contributed by atoms with E-state index in [4.69, 9.17) is 4.74 Å². The number of rotatable bonds is 2. The fourth-order valence-electron chi connectivity index (χ4n) is 1.25. The lowest BCUT2D eigenvalue weighted by atomic mass is 9.87. The van der Waals surface area contributed by atoms with Crippen LogP contribution in [0.25, 0.3) is 0 Å². The first-order valence-corrected chi connectivity index (χ1v) is 5.91. The van der Waals surface area contributed by atoms with Crippen LogP contribution < -0.4 is 4.74 Å². The van der Waals surface area contributed by atoms with Crippen molar-refractivity contribution in [3.05, 3.63) is 23.8 Å². The molecule has 0 saturated heterocycles. The first kappa shape index (κ1) is 14.8. The molecule has 16 heavy (non-hydrogen) atoms. The Morgan fingerprint density at radius 3 is 2.19 bits per heavy atom. The van der Waals surface area contributed by atoms with Crippen molar-refractivity contribution in [3.8, 4) is 11.5 Å². The van der Waals surface area contributed by atoms with Crippen molar-refractivity contribution in [1.82, 2.24) is 0 Å². The number of ether oxygens (including phenoxy) is 1. The van der Waals surface area contributed by atoms with E-state index in [1.54, 1.807) is 6.07 Å². The fraction of sp³-hybridized carbons (Fsp3) is 0.571. The molecule has 2 heteroatoms. The molecule has 0 aliphatic rings. The molecule has 0 aliphatic carbocycles. The average Bonchev–Trinajstić information content (AvgIpc) is 2.23. The molecule has 0 spiro atoms. The lowest BCUT2D eigenvalue weighted by Gasteiger charge is -2.20. The van der Waals surface area contributed by atoms with Crippen LogP contribution >= 0.6 is 0 Å². The van der Waals surface area contributed by atoms with Gasteiger partial charge >= 0.3 is 0 Å². The van der Waals surface area contributed by atoms with Gasteiger partial charge in [-0.05, 0) is 30.0 Å². The molecule has 0 bridgehead atoms. The summed E-state index contributed by atoms with van der Waals surface area (Å²) in [6.07, 6.45) is 0. The Labute approximate surface area is 99.3 Å². The monoisotopic (exact) mass is 224 g/mol. The second-order valence-corrected chi connectivity index (χ2v) is 4.37. The zero-order chi connectivity index (χ0) is 12.8. The predicted molar refractivity (Wildman–Crippen MR) is 69.3 cm³/mol. The molecule has 1 rings (SSSR count). The van der Waals surface area contributed by atoms with Crippen LogP contribution in [0, 0.1) is 0 Å². The molecule has 1 aromatic rings. The highest BCUT2D eigenvalue weighted by Gasteiger charge is 2.15. The van der Waals surface area contributed by atoms with E-state index in [2.05, 4.69) is 20.8 Å². The summed E-state index contributed by atoms with van der Waals surface area (Å²) >= 11 is 0. The minimum absolute atomic E-state index is 0.0829. The van der Waals surface area contributed by atoms with Crippen molar-refractivity contribution in [3.63, 3.8) is 0 Å². The van der Waals surface area contributed by atoms with E-state index < -0.39 is 0 Å². The van der Waals surface area contributed by atoms with E-state index in [9.17, 15) is 5.11 Å². The van der Waals surface area contributed by atoms with Crippen molar-refractivity contribution < 1.29 is 9.84 Å². The van der Waals surface area contributed by atoms with Crippen LogP contribution in [0.15, 0.2) is 18.2 Å². The number of phenolic OH excluding ortho intramolecular Hbond substituents is 1. The van der Waals surface area contributed by atoms with Gasteiger partial charge in [0.1, 0.15) is 0 Å². The Bertz CT molecular complexity index is 311. The molecule has 0 heterocycles. The Kier molecular flexibility index (Phi) is 5.94. The van der Waals surface area contributed by atoms with Crippen molar-refractivity contribution >= 4 is 0 Å². The maximum atomic E-state index is 9.51. The van der Waals surface area contributed by atoms with Crippen LogP contribution in [0.2, 0.25) is 0 Å². The lowest BCUT2D eigenvalue weighted by Crippen LogP contribution is -2.11. The van der Waals surface area contributed by atoms with Gasteiger partial charge in [-0.1, -0.05) is 40.7 Å². The number of hydrogen-bond acceptors (Lipinski definition) is 2. The zero-order valence-corrected chi connectivity index (χ0v) is 11.3. The maximum absolute atomic E-state index is 9.51. The summed E-state index contributed by atoms with van der Waals surface area (Å²) in [5.41, 5.74) is 1.25. The van der Waals surface area contributed by atoms with Crippen molar-refractivity contribution in [2.24, 2.45) is 0 Å². The number of aromatic hydroxyl groups is 1. The molecule has 1 aromatic carbocycles. The van der Waals surface area contributed by atoms with Gasteiger partial charge < -0.3 is 9.84 Å². The zero-order valence-electron chi connectivity index (χ0n) is 11.3. The molecule has 0 unspecified atom stereocenters. The van der Waals surface area contributed by atoms with E-state index in [0.29, 0.717) is 12.4 Å². The maximum Gasteiger partial charge on any atom is 0.161 e. The number of phenols is 1. The fourth-order valence-corrected chi connectivity index (χ4v) is 1.25. The predicted octanol–water partition coefficient (Wildman–Crippen LogP) is 4.11. The molecule has 0 atom stereocenters. The topological polar surface area (TPSA) is 29.5 Å². The second-order valence-electron chi connectivity index (χ2n) is 4.37. The SMILES string of the molecule is CC.CCOc1cc(C(C)(C)C)ccc1O. The summed E-state index contributed by atoms with van der Waals surface area (Å²) in [5.74, 6) is 0.778. The molecule has 0 amide bonds. The third-order valence-corrected chi connectivity index (χ3v) is 2.13. The summed E-state index contributed by atoms with van der Waals surface area (Å²) in [5, 5.41) is 9.51. The van der Waals surface area contributed by atoms with Gasteiger partial charge in [0.15, 0.2) is 11.5 Å². The Morgan fingerprint density at radius 2 is 1.75 bits per heavy atom. The van der Waals surface area contributed by atoms with Gasteiger partial charge in [0.25, 0.3) is 0 Å². The van der Waals surface area contributed by atoms with Gasteiger partial charge in [-0.3, -0.25) is 0 Å². The largest absolute Gasteiger partial charge is 0.504 e.